The molecule has 3 rings (SSSR count). The third-order valence-corrected chi connectivity index (χ3v) is 3.37. The Balaban J connectivity index is 2.28. The molecule has 0 saturated carbocycles. The minimum atomic E-state index is -0.531. The van der Waals surface area contributed by atoms with Crippen LogP contribution in [-0.4, -0.2) is 5.11 Å². The van der Waals surface area contributed by atoms with Crippen LogP contribution in [0.25, 0.3) is 12.2 Å². The molecule has 2 aromatic carbocycles. The van der Waals surface area contributed by atoms with Gasteiger partial charge in [-0.3, -0.25) is 0 Å². The van der Waals surface area contributed by atoms with Crippen LogP contribution < -0.4 is 0 Å². The standard InChI is InChI=1S/C16H14O/c1-11-5-4-8-15-13(11)10-9-12-6-2-3-7-14(12)16(15)17/h2-10,16-17H,1H3. The average Bonchev–Trinajstić information content (AvgIpc) is 2.50. The van der Waals surface area contributed by atoms with Crippen molar-refractivity contribution in [1.82, 2.24) is 0 Å². The number of fused-ring (bicyclic) bond motifs is 2. The Morgan fingerprint density at radius 3 is 2.53 bits per heavy atom. The fourth-order valence-corrected chi connectivity index (χ4v) is 2.42. The zero-order valence-corrected chi connectivity index (χ0v) is 9.72. The molecule has 0 amide bonds. The fourth-order valence-electron chi connectivity index (χ4n) is 2.42. The van der Waals surface area contributed by atoms with Gasteiger partial charge in [-0.05, 0) is 34.7 Å². The molecule has 0 heterocycles. The van der Waals surface area contributed by atoms with E-state index in [0.29, 0.717) is 0 Å². The summed E-state index contributed by atoms with van der Waals surface area (Å²) in [7, 11) is 0. The van der Waals surface area contributed by atoms with E-state index in [9.17, 15) is 5.11 Å². The van der Waals surface area contributed by atoms with Gasteiger partial charge in [0, 0.05) is 0 Å². The lowest BCUT2D eigenvalue weighted by Crippen LogP contribution is -2.02. The second kappa shape index (κ2) is 3.86. The SMILES string of the molecule is Cc1cccc2c1C=Cc1ccccc1C2O. The molecule has 84 valence electrons. The molecule has 0 aromatic heterocycles. The van der Waals surface area contributed by atoms with E-state index in [0.717, 1.165) is 22.3 Å². The number of aryl methyl sites for hydroxylation is 1. The first kappa shape index (κ1) is 10.3. The van der Waals surface area contributed by atoms with Crippen LogP contribution in [0.1, 0.15) is 33.9 Å². The Kier molecular flexibility index (Phi) is 2.34. The van der Waals surface area contributed by atoms with Crippen molar-refractivity contribution in [3.8, 4) is 0 Å². The number of hydrogen-bond acceptors (Lipinski definition) is 1. The average molecular weight is 222 g/mol. The molecule has 1 nitrogen and oxygen atoms in total. The van der Waals surface area contributed by atoms with E-state index in [1.54, 1.807) is 0 Å². The van der Waals surface area contributed by atoms with Gasteiger partial charge in [-0.15, -0.1) is 0 Å². The molecular weight excluding hydrogens is 208 g/mol. The summed E-state index contributed by atoms with van der Waals surface area (Å²) < 4.78 is 0. The molecule has 17 heavy (non-hydrogen) atoms. The Hall–Kier alpha value is -1.86. The van der Waals surface area contributed by atoms with E-state index in [-0.39, 0.29) is 0 Å². The second-order valence-electron chi connectivity index (χ2n) is 4.44. The van der Waals surface area contributed by atoms with Crippen LogP contribution in [0, 0.1) is 6.92 Å². The number of aliphatic hydroxyl groups excluding tert-OH is 1. The van der Waals surface area contributed by atoms with Gasteiger partial charge in [0.25, 0.3) is 0 Å². The minimum Gasteiger partial charge on any atom is -0.384 e. The van der Waals surface area contributed by atoms with Gasteiger partial charge in [0.1, 0.15) is 6.10 Å². The summed E-state index contributed by atoms with van der Waals surface area (Å²) in [6, 6.07) is 14.1. The summed E-state index contributed by atoms with van der Waals surface area (Å²) in [6.07, 6.45) is 3.65. The smallest absolute Gasteiger partial charge is 0.105 e. The van der Waals surface area contributed by atoms with Gasteiger partial charge in [-0.1, -0.05) is 54.6 Å². The highest BCUT2D eigenvalue weighted by molar-refractivity contribution is 5.77. The second-order valence-corrected chi connectivity index (χ2v) is 4.44. The van der Waals surface area contributed by atoms with Crippen molar-refractivity contribution in [2.24, 2.45) is 0 Å². The highest BCUT2D eigenvalue weighted by Crippen LogP contribution is 2.33. The molecule has 0 saturated heterocycles. The summed E-state index contributed by atoms with van der Waals surface area (Å²) in [5, 5.41) is 10.5. The van der Waals surface area contributed by atoms with Crippen LogP contribution in [0.5, 0.6) is 0 Å². The van der Waals surface area contributed by atoms with E-state index >= 15 is 0 Å². The van der Waals surface area contributed by atoms with Gasteiger partial charge in [-0.25, -0.2) is 0 Å². The van der Waals surface area contributed by atoms with Crippen molar-refractivity contribution in [3.05, 3.63) is 70.3 Å². The molecule has 1 atom stereocenters. The molecule has 0 bridgehead atoms. The Labute approximate surface area is 101 Å². The lowest BCUT2D eigenvalue weighted by Gasteiger charge is -2.15. The topological polar surface area (TPSA) is 20.2 Å². The molecule has 0 spiro atoms. The summed E-state index contributed by atoms with van der Waals surface area (Å²) >= 11 is 0. The van der Waals surface area contributed by atoms with Crippen LogP contribution in [0.2, 0.25) is 0 Å². The Morgan fingerprint density at radius 2 is 1.65 bits per heavy atom. The van der Waals surface area contributed by atoms with Crippen molar-refractivity contribution in [1.29, 1.82) is 0 Å². The highest BCUT2D eigenvalue weighted by Gasteiger charge is 2.19. The van der Waals surface area contributed by atoms with Gasteiger partial charge in [-0.2, -0.15) is 0 Å². The number of hydrogen-bond donors (Lipinski definition) is 1. The van der Waals surface area contributed by atoms with Crippen molar-refractivity contribution < 1.29 is 5.11 Å². The molecule has 1 heteroatoms. The van der Waals surface area contributed by atoms with Gasteiger partial charge in [0.05, 0.1) is 0 Å². The molecule has 0 aliphatic heterocycles. The van der Waals surface area contributed by atoms with Gasteiger partial charge < -0.3 is 5.11 Å². The van der Waals surface area contributed by atoms with Crippen LogP contribution in [-0.2, 0) is 0 Å². The third-order valence-electron chi connectivity index (χ3n) is 3.37. The maximum atomic E-state index is 10.5. The Morgan fingerprint density at radius 1 is 0.882 bits per heavy atom. The first-order chi connectivity index (χ1) is 8.27. The van der Waals surface area contributed by atoms with Crippen LogP contribution in [0.15, 0.2) is 42.5 Å². The maximum Gasteiger partial charge on any atom is 0.105 e. The van der Waals surface area contributed by atoms with Gasteiger partial charge >= 0.3 is 0 Å². The highest BCUT2D eigenvalue weighted by atomic mass is 16.3. The summed E-state index contributed by atoms with van der Waals surface area (Å²) in [6.45, 7) is 2.08. The zero-order valence-electron chi connectivity index (χ0n) is 9.72. The lowest BCUT2D eigenvalue weighted by molar-refractivity contribution is 0.220. The zero-order chi connectivity index (χ0) is 11.8. The predicted molar refractivity (Wildman–Crippen MR) is 70.6 cm³/mol. The van der Waals surface area contributed by atoms with Crippen molar-refractivity contribution in [2.75, 3.05) is 0 Å². The number of aliphatic hydroxyl groups is 1. The normalized spacial score (nSPS) is 17.2. The van der Waals surface area contributed by atoms with Crippen LogP contribution >= 0.6 is 0 Å². The van der Waals surface area contributed by atoms with E-state index in [1.807, 2.05) is 36.4 Å². The third kappa shape index (κ3) is 1.60. The Bertz CT molecular complexity index is 596. The van der Waals surface area contributed by atoms with E-state index in [1.165, 1.54) is 5.56 Å². The molecule has 0 fully saturated rings. The first-order valence-corrected chi connectivity index (χ1v) is 5.82. The summed E-state index contributed by atoms with van der Waals surface area (Å²) in [5.41, 5.74) is 5.40. The van der Waals surface area contributed by atoms with E-state index < -0.39 is 6.10 Å². The molecule has 1 aliphatic rings. The monoisotopic (exact) mass is 222 g/mol. The van der Waals surface area contributed by atoms with Crippen LogP contribution in [0.4, 0.5) is 0 Å². The summed E-state index contributed by atoms with van der Waals surface area (Å²) in [4.78, 5) is 0. The van der Waals surface area contributed by atoms with Crippen molar-refractivity contribution >= 4 is 12.2 Å². The van der Waals surface area contributed by atoms with Gasteiger partial charge in [0.15, 0.2) is 0 Å². The molecule has 1 aliphatic carbocycles. The van der Waals surface area contributed by atoms with Crippen LogP contribution in [0.3, 0.4) is 0 Å². The molecule has 1 N–H and O–H groups in total. The van der Waals surface area contributed by atoms with Gasteiger partial charge in [0.2, 0.25) is 0 Å². The minimum absolute atomic E-state index is 0.531. The van der Waals surface area contributed by atoms with Crippen molar-refractivity contribution in [3.63, 3.8) is 0 Å². The lowest BCUT2D eigenvalue weighted by atomic mass is 9.95. The largest absolute Gasteiger partial charge is 0.384 e. The quantitative estimate of drug-likeness (QED) is 0.722. The molecule has 0 radical (unpaired) electrons. The number of rotatable bonds is 0. The number of benzene rings is 2. The maximum absolute atomic E-state index is 10.5. The predicted octanol–water partition coefficient (Wildman–Crippen LogP) is 3.56. The van der Waals surface area contributed by atoms with E-state index in [2.05, 4.69) is 25.1 Å². The summed E-state index contributed by atoms with van der Waals surface area (Å²) in [5.74, 6) is 0. The molecule has 2 aromatic rings. The molecular formula is C16H14O. The molecule has 1 unspecified atom stereocenters. The fraction of sp³-hybridized carbons (Fsp3) is 0.125. The van der Waals surface area contributed by atoms with E-state index in [4.69, 9.17) is 0 Å². The first-order valence-electron chi connectivity index (χ1n) is 5.82. The van der Waals surface area contributed by atoms with Crippen molar-refractivity contribution in [2.45, 2.75) is 13.0 Å².